The zero-order valence-electron chi connectivity index (χ0n) is 19.0. The summed E-state index contributed by atoms with van der Waals surface area (Å²) >= 11 is 0. The molecule has 6 aromatic rings. The standard InChI is InChI=1S/C32H25NO/c1-21-10-9-14-24(20-21)29(30-25-15-6-5-11-22(25)18-19-28(30)34)31-26-16-7-8-17-27(26)33-32(31)23-12-3-2-4-13-23/h2-20,29,33-34H,1H3/t29-/m0/s1. The van der Waals surface area contributed by atoms with Crippen molar-refractivity contribution in [2.45, 2.75) is 12.8 Å². The van der Waals surface area contributed by atoms with Crippen molar-refractivity contribution in [1.29, 1.82) is 0 Å². The van der Waals surface area contributed by atoms with Crippen LogP contribution in [0.15, 0.2) is 115 Å². The summed E-state index contributed by atoms with van der Waals surface area (Å²) in [6, 6.07) is 39.7. The molecule has 0 fully saturated rings. The summed E-state index contributed by atoms with van der Waals surface area (Å²) in [5.74, 6) is 0.159. The molecule has 2 heteroatoms. The Balaban J connectivity index is 1.76. The molecule has 1 aromatic heterocycles. The molecule has 34 heavy (non-hydrogen) atoms. The van der Waals surface area contributed by atoms with E-state index in [1.54, 1.807) is 0 Å². The molecule has 1 heterocycles. The van der Waals surface area contributed by atoms with Gasteiger partial charge in [-0.1, -0.05) is 109 Å². The molecule has 5 aromatic carbocycles. The largest absolute Gasteiger partial charge is 0.508 e. The normalized spacial score (nSPS) is 12.3. The molecule has 6 rings (SSSR count). The second kappa shape index (κ2) is 8.24. The number of para-hydroxylation sites is 1. The second-order valence-corrected chi connectivity index (χ2v) is 8.89. The van der Waals surface area contributed by atoms with Crippen molar-refractivity contribution in [3.05, 3.63) is 138 Å². The quantitative estimate of drug-likeness (QED) is 0.285. The van der Waals surface area contributed by atoms with E-state index in [1.807, 2.05) is 30.3 Å². The van der Waals surface area contributed by atoms with Gasteiger partial charge in [0.1, 0.15) is 5.75 Å². The monoisotopic (exact) mass is 439 g/mol. The Morgan fingerprint density at radius 1 is 0.647 bits per heavy atom. The summed E-state index contributed by atoms with van der Waals surface area (Å²) in [6.07, 6.45) is 0. The van der Waals surface area contributed by atoms with Gasteiger partial charge in [-0.2, -0.15) is 0 Å². The molecule has 0 saturated carbocycles. The van der Waals surface area contributed by atoms with Crippen LogP contribution in [0, 0.1) is 6.92 Å². The first kappa shape index (κ1) is 20.3. The molecule has 0 aliphatic heterocycles. The van der Waals surface area contributed by atoms with E-state index in [0.29, 0.717) is 5.75 Å². The Hall–Kier alpha value is -4.30. The van der Waals surface area contributed by atoms with Crippen LogP contribution >= 0.6 is 0 Å². The van der Waals surface area contributed by atoms with Gasteiger partial charge >= 0.3 is 0 Å². The van der Waals surface area contributed by atoms with Gasteiger partial charge in [0.25, 0.3) is 0 Å². The van der Waals surface area contributed by atoms with Gasteiger partial charge in [-0.3, -0.25) is 0 Å². The summed E-state index contributed by atoms with van der Waals surface area (Å²) in [4.78, 5) is 3.70. The van der Waals surface area contributed by atoms with E-state index in [-0.39, 0.29) is 5.92 Å². The van der Waals surface area contributed by atoms with Crippen LogP contribution in [0.2, 0.25) is 0 Å². The molecule has 0 bridgehead atoms. The first-order valence-corrected chi connectivity index (χ1v) is 11.6. The summed E-state index contributed by atoms with van der Waals surface area (Å²) < 4.78 is 0. The molecule has 164 valence electrons. The van der Waals surface area contributed by atoms with Gasteiger partial charge in [0.05, 0.1) is 5.69 Å². The molecule has 0 aliphatic carbocycles. The number of aromatic amines is 1. The summed E-state index contributed by atoms with van der Waals surface area (Å²) in [5, 5.41) is 14.7. The van der Waals surface area contributed by atoms with Crippen LogP contribution in [0.1, 0.15) is 28.2 Å². The minimum Gasteiger partial charge on any atom is -0.508 e. The zero-order chi connectivity index (χ0) is 23.1. The number of hydrogen-bond donors (Lipinski definition) is 2. The molecule has 0 radical (unpaired) electrons. The maximum atomic E-state index is 11.3. The van der Waals surface area contributed by atoms with Crippen LogP contribution in [-0.4, -0.2) is 10.1 Å². The summed E-state index contributed by atoms with van der Waals surface area (Å²) in [6.45, 7) is 2.12. The molecule has 0 saturated heterocycles. The fourth-order valence-electron chi connectivity index (χ4n) is 5.21. The van der Waals surface area contributed by atoms with E-state index in [4.69, 9.17) is 0 Å². The average Bonchev–Trinajstić information content (AvgIpc) is 3.26. The van der Waals surface area contributed by atoms with E-state index in [9.17, 15) is 5.11 Å². The lowest BCUT2D eigenvalue weighted by molar-refractivity contribution is 0.468. The zero-order valence-corrected chi connectivity index (χ0v) is 19.0. The fourth-order valence-corrected chi connectivity index (χ4v) is 5.21. The lowest BCUT2D eigenvalue weighted by Crippen LogP contribution is -2.06. The summed E-state index contributed by atoms with van der Waals surface area (Å²) in [7, 11) is 0. The Bertz CT molecular complexity index is 1630. The van der Waals surface area contributed by atoms with Gasteiger partial charge in [-0.05, 0) is 46.5 Å². The van der Waals surface area contributed by atoms with Crippen molar-refractivity contribution in [2.75, 3.05) is 0 Å². The fraction of sp³-hybridized carbons (Fsp3) is 0.0625. The SMILES string of the molecule is Cc1cccc([C@@H](c2c(O)ccc3ccccc23)c2c(-c3ccccc3)[nH]c3ccccc23)c1. The van der Waals surface area contributed by atoms with Crippen molar-refractivity contribution in [3.8, 4) is 17.0 Å². The van der Waals surface area contributed by atoms with Crippen LogP contribution in [0.5, 0.6) is 5.75 Å². The van der Waals surface area contributed by atoms with E-state index < -0.39 is 0 Å². The molecule has 2 N–H and O–H groups in total. The van der Waals surface area contributed by atoms with Crippen molar-refractivity contribution in [3.63, 3.8) is 0 Å². The van der Waals surface area contributed by atoms with E-state index in [0.717, 1.165) is 38.7 Å². The maximum absolute atomic E-state index is 11.3. The van der Waals surface area contributed by atoms with Crippen molar-refractivity contribution in [1.82, 2.24) is 4.98 Å². The van der Waals surface area contributed by atoms with Gasteiger partial charge in [-0.25, -0.2) is 0 Å². The van der Waals surface area contributed by atoms with E-state index >= 15 is 0 Å². The third kappa shape index (κ3) is 3.36. The Kier molecular flexibility index (Phi) is 4.92. The van der Waals surface area contributed by atoms with Crippen molar-refractivity contribution in [2.24, 2.45) is 0 Å². The molecule has 0 unspecified atom stereocenters. The number of fused-ring (bicyclic) bond motifs is 2. The van der Waals surface area contributed by atoms with E-state index in [2.05, 4.69) is 96.8 Å². The molecule has 0 amide bonds. The van der Waals surface area contributed by atoms with Crippen LogP contribution in [0.25, 0.3) is 32.9 Å². The Labute approximate surface area is 199 Å². The smallest absolute Gasteiger partial charge is 0.120 e. The Morgan fingerprint density at radius 2 is 1.38 bits per heavy atom. The highest BCUT2D eigenvalue weighted by molar-refractivity contribution is 5.95. The molecule has 0 aliphatic rings. The number of H-pyrrole nitrogens is 1. The number of hydrogen-bond acceptors (Lipinski definition) is 1. The topological polar surface area (TPSA) is 36.0 Å². The molecule has 0 spiro atoms. The molecule has 1 atom stereocenters. The van der Waals surface area contributed by atoms with Crippen LogP contribution in [-0.2, 0) is 0 Å². The number of nitrogens with one attached hydrogen (secondary N) is 1. The number of benzene rings is 5. The van der Waals surface area contributed by atoms with Gasteiger partial charge in [0, 0.05) is 22.4 Å². The third-order valence-corrected chi connectivity index (χ3v) is 6.71. The highest BCUT2D eigenvalue weighted by Gasteiger charge is 2.28. The van der Waals surface area contributed by atoms with E-state index in [1.165, 1.54) is 16.5 Å². The molecular weight excluding hydrogens is 414 g/mol. The van der Waals surface area contributed by atoms with Gasteiger partial charge in [-0.15, -0.1) is 0 Å². The number of phenols is 1. The molecular formula is C32H25NO. The lowest BCUT2D eigenvalue weighted by atomic mass is 9.80. The van der Waals surface area contributed by atoms with Gasteiger partial charge in [0.2, 0.25) is 0 Å². The van der Waals surface area contributed by atoms with Crippen LogP contribution in [0.3, 0.4) is 0 Å². The number of aromatic hydroxyl groups is 1. The number of aryl methyl sites for hydroxylation is 1. The molecule has 2 nitrogen and oxygen atoms in total. The average molecular weight is 440 g/mol. The van der Waals surface area contributed by atoms with Crippen molar-refractivity contribution < 1.29 is 5.11 Å². The number of phenolic OH excluding ortho intramolecular Hbond substituents is 1. The highest BCUT2D eigenvalue weighted by Crippen LogP contribution is 2.47. The lowest BCUT2D eigenvalue weighted by Gasteiger charge is -2.23. The number of rotatable bonds is 4. The third-order valence-electron chi connectivity index (χ3n) is 6.71. The maximum Gasteiger partial charge on any atom is 0.120 e. The van der Waals surface area contributed by atoms with Crippen LogP contribution < -0.4 is 0 Å². The van der Waals surface area contributed by atoms with Gasteiger partial charge in [0.15, 0.2) is 0 Å². The van der Waals surface area contributed by atoms with Gasteiger partial charge < -0.3 is 10.1 Å². The minimum absolute atomic E-state index is 0.155. The second-order valence-electron chi connectivity index (χ2n) is 8.89. The number of aromatic nitrogens is 1. The first-order valence-electron chi connectivity index (χ1n) is 11.6. The Morgan fingerprint density at radius 3 is 2.21 bits per heavy atom. The summed E-state index contributed by atoms with van der Waals surface area (Å²) in [5.41, 5.74) is 7.78. The van der Waals surface area contributed by atoms with Crippen molar-refractivity contribution >= 4 is 21.7 Å². The minimum atomic E-state index is -0.155. The predicted molar refractivity (Wildman–Crippen MR) is 141 cm³/mol. The van der Waals surface area contributed by atoms with Crippen LogP contribution in [0.4, 0.5) is 0 Å². The highest BCUT2D eigenvalue weighted by atomic mass is 16.3. The first-order chi connectivity index (χ1) is 16.7. The predicted octanol–water partition coefficient (Wildman–Crippen LogP) is 8.18.